The molecule has 20 heavy (non-hydrogen) atoms. The van der Waals surface area contributed by atoms with E-state index in [0.717, 1.165) is 5.56 Å². The lowest BCUT2D eigenvalue weighted by Gasteiger charge is -2.09. The zero-order valence-corrected chi connectivity index (χ0v) is 11.0. The predicted octanol–water partition coefficient (Wildman–Crippen LogP) is 2.69. The van der Waals surface area contributed by atoms with Crippen molar-refractivity contribution in [1.82, 2.24) is 4.98 Å². The zero-order valence-electron chi connectivity index (χ0n) is 11.0. The Labute approximate surface area is 115 Å². The van der Waals surface area contributed by atoms with E-state index in [4.69, 9.17) is 10.5 Å². The minimum Gasteiger partial charge on any atom is -0.464 e. The highest BCUT2D eigenvalue weighted by Gasteiger charge is 2.13. The van der Waals surface area contributed by atoms with Crippen LogP contribution in [0.4, 0.5) is 10.1 Å². The number of ether oxygens (including phenoxy) is 2. The van der Waals surface area contributed by atoms with Gasteiger partial charge in [0.15, 0.2) is 17.3 Å². The lowest BCUT2D eigenvalue weighted by molar-refractivity contribution is 0.0593. The Balaban J connectivity index is 2.37. The lowest BCUT2D eigenvalue weighted by atomic mass is 10.2. The number of carbonyl (C=O) groups is 1. The van der Waals surface area contributed by atoms with Gasteiger partial charge in [-0.1, -0.05) is 6.07 Å². The van der Waals surface area contributed by atoms with Crippen molar-refractivity contribution in [3.05, 3.63) is 47.4 Å². The van der Waals surface area contributed by atoms with Crippen LogP contribution in [-0.4, -0.2) is 18.1 Å². The molecule has 0 aliphatic carbocycles. The number of hydrogen-bond acceptors (Lipinski definition) is 5. The summed E-state index contributed by atoms with van der Waals surface area (Å²) < 4.78 is 23.5. The molecule has 0 saturated heterocycles. The second kappa shape index (κ2) is 5.56. The van der Waals surface area contributed by atoms with E-state index in [0.29, 0.717) is 0 Å². The van der Waals surface area contributed by atoms with Gasteiger partial charge in [-0.15, -0.1) is 0 Å². The SMILES string of the molecule is COC(=O)c1ccc(N)c(Oc2cc(C)ccc2F)n1. The highest BCUT2D eigenvalue weighted by molar-refractivity contribution is 5.87. The van der Waals surface area contributed by atoms with Gasteiger partial charge in [0, 0.05) is 0 Å². The third-order valence-corrected chi connectivity index (χ3v) is 2.58. The van der Waals surface area contributed by atoms with Gasteiger partial charge in [-0.3, -0.25) is 0 Å². The molecule has 2 rings (SSSR count). The monoisotopic (exact) mass is 276 g/mol. The third kappa shape index (κ3) is 2.85. The summed E-state index contributed by atoms with van der Waals surface area (Å²) in [6, 6.07) is 7.26. The van der Waals surface area contributed by atoms with E-state index in [9.17, 15) is 9.18 Å². The van der Waals surface area contributed by atoms with Gasteiger partial charge in [0.25, 0.3) is 0 Å². The minimum atomic E-state index is -0.625. The number of esters is 1. The van der Waals surface area contributed by atoms with Crippen molar-refractivity contribution in [2.24, 2.45) is 0 Å². The maximum Gasteiger partial charge on any atom is 0.356 e. The molecular weight excluding hydrogens is 263 g/mol. The van der Waals surface area contributed by atoms with Crippen molar-refractivity contribution in [3.63, 3.8) is 0 Å². The van der Waals surface area contributed by atoms with Gasteiger partial charge in [0.05, 0.1) is 12.8 Å². The first-order chi connectivity index (χ1) is 9.51. The molecule has 0 amide bonds. The van der Waals surface area contributed by atoms with Crippen molar-refractivity contribution in [1.29, 1.82) is 0 Å². The molecule has 6 heteroatoms. The molecule has 0 aliphatic rings. The van der Waals surface area contributed by atoms with Crippen molar-refractivity contribution in [2.45, 2.75) is 6.92 Å². The van der Waals surface area contributed by atoms with Gasteiger partial charge in [0.1, 0.15) is 0 Å². The fraction of sp³-hybridized carbons (Fsp3) is 0.143. The highest BCUT2D eigenvalue weighted by Crippen LogP contribution is 2.28. The molecular formula is C14H13FN2O3. The van der Waals surface area contributed by atoms with Crippen LogP contribution in [-0.2, 0) is 4.74 Å². The number of nitrogens with two attached hydrogens (primary N) is 1. The maximum absolute atomic E-state index is 13.6. The average molecular weight is 276 g/mol. The minimum absolute atomic E-state index is 0.00813. The van der Waals surface area contributed by atoms with E-state index in [-0.39, 0.29) is 23.0 Å². The Kier molecular flexibility index (Phi) is 3.84. The van der Waals surface area contributed by atoms with Crippen LogP contribution < -0.4 is 10.5 Å². The molecule has 1 aromatic carbocycles. The number of benzene rings is 1. The summed E-state index contributed by atoms with van der Waals surface area (Å²) in [5, 5.41) is 0. The van der Waals surface area contributed by atoms with E-state index >= 15 is 0 Å². The van der Waals surface area contributed by atoms with E-state index in [1.807, 2.05) is 0 Å². The summed E-state index contributed by atoms with van der Waals surface area (Å²) in [7, 11) is 1.24. The van der Waals surface area contributed by atoms with Crippen LogP contribution in [0.2, 0.25) is 0 Å². The molecule has 5 nitrogen and oxygen atoms in total. The summed E-state index contributed by atoms with van der Waals surface area (Å²) in [6.07, 6.45) is 0. The number of halogens is 1. The number of aryl methyl sites for hydroxylation is 1. The van der Waals surface area contributed by atoms with Crippen LogP contribution >= 0.6 is 0 Å². The summed E-state index contributed by atoms with van der Waals surface area (Å²) in [6.45, 7) is 1.80. The Hall–Kier alpha value is -2.63. The summed E-state index contributed by atoms with van der Waals surface area (Å²) in [4.78, 5) is 15.3. The Bertz CT molecular complexity index is 659. The first-order valence-corrected chi connectivity index (χ1v) is 5.80. The van der Waals surface area contributed by atoms with Crippen LogP contribution in [0.3, 0.4) is 0 Å². The van der Waals surface area contributed by atoms with Gasteiger partial charge in [-0.05, 0) is 36.8 Å². The normalized spacial score (nSPS) is 10.2. The van der Waals surface area contributed by atoms with Crippen LogP contribution in [0, 0.1) is 12.7 Å². The molecule has 0 radical (unpaired) electrons. The third-order valence-electron chi connectivity index (χ3n) is 2.58. The van der Waals surface area contributed by atoms with Gasteiger partial charge >= 0.3 is 5.97 Å². The molecule has 2 N–H and O–H groups in total. The average Bonchev–Trinajstić information content (AvgIpc) is 2.44. The van der Waals surface area contributed by atoms with Crippen LogP contribution in [0.5, 0.6) is 11.6 Å². The second-order valence-corrected chi connectivity index (χ2v) is 4.12. The number of nitrogen functional groups attached to an aromatic ring is 1. The smallest absolute Gasteiger partial charge is 0.356 e. The Morgan fingerprint density at radius 3 is 2.75 bits per heavy atom. The number of rotatable bonds is 3. The number of carbonyl (C=O) groups excluding carboxylic acids is 1. The van der Waals surface area contributed by atoms with E-state index in [1.165, 1.54) is 31.4 Å². The van der Waals surface area contributed by atoms with Gasteiger partial charge in [-0.25, -0.2) is 14.2 Å². The first-order valence-electron chi connectivity index (χ1n) is 5.80. The number of aromatic nitrogens is 1. The fourth-order valence-corrected chi connectivity index (χ4v) is 1.54. The predicted molar refractivity (Wildman–Crippen MR) is 71.2 cm³/mol. The van der Waals surface area contributed by atoms with Crippen molar-refractivity contribution in [2.75, 3.05) is 12.8 Å². The maximum atomic E-state index is 13.6. The standard InChI is InChI=1S/C14H13FN2O3/c1-8-3-4-9(15)12(7-8)20-13-10(16)5-6-11(17-13)14(18)19-2/h3-7H,16H2,1-2H3. The lowest BCUT2D eigenvalue weighted by Crippen LogP contribution is -2.06. The largest absolute Gasteiger partial charge is 0.464 e. The molecule has 0 spiro atoms. The number of nitrogens with zero attached hydrogens (tertiary/aromatic N) is 1. The van der Waals surface area contributed by atoms with Crippen LogP contribution in [0.25, 0.3) is 0 Å². The van der Waals surface area contributed by atoms with E-state index < -0.39 is 11.8 Å². The molecule has 0 bridgehead atoms. The molecule has 0 atom stereocenters. The van der Waals surface area contributed by atoms with Gasteiger partial charge < -0.3 is 15.2 Å². The molecule has 0 saturated carbocycles. The molecule has 104 valence electrons. The molecule has 1 heterocycles. The Morgan fingerprint density at radius 1 is 1.30 bits per heavy atom. The second-order valence-electron chi connectivity index (χ2n) is 4.12. The number of pyridine rings is 1. The Morgan fingerprint density at radius 2 is 2.05 bits per heavy atom. The van der Waals surface area contributed by atoms with Crippen molar-refractivity contribution in [3.8, 4) is 11.6 Å². The summed E-state index contributed by atoms with van der Waals surface area (Å²) in [5.74, 6) is -1.22. The molecule has 0 unspecified atom stereocenters. The summed E-state index contributed by atoms with van der Waals surface area (Å²) >= 11 is 0. The number of methoxy groups -OCH3 is 1. The highest BCUT2D eigenvalue weighted by atomic mass is 19.1. The van der Waals surface area contributed by atoms with E-state index in [2.05, 4.69) is 9.72 Å². The molecule has 0 aliphatic heterocycles. The molecule has 0 fully saturated rings. The number of hydrogen-bond donors (Lipinski definition) is 1. The fourth-order valence-electron chi connectivity index (χ4n) is 1.54. The number of anilines is 1. The van der Waals surface area contributed by atoms with Crippen LogP contribution in [0.15, 0.2) is 30.3 Å². The van der Waals surface area contributed by atoms with Crippen molar-refractivity contribution >= 4 is 11.7 Å². The zero-order chi connectivity index (χ0) is 14.7. The quantitative estimate of drug-likeness (QED) is 0.872. The van der Waals surface area contributed by atoms with Gasteiger partial charge in [-0.2, -0.15) is 0 Å². The van der Waals surface area contributed by atoms with Crippen LogP contribution in [0.1, 0.15) is 16.1 Å². The van der Waals surface area contributed by atoms with Gasteiger partial charge in [0.2, 0.25) is 5.88 Å². The van der Waals surface area contributed by atoms with E-state index in [1.54, 1.807) is 13.0 Å². The summed E-state index contributed by atoms with van der Waals surface area (Å²) in [5.41, 5.74) is 6.75. The molecule has 2 aromatic rings. The van der Waals surface area contributed by atoms with Crippen molar-refractivity contribution < 1.29 is 18.7 Å². The topological polar surface area (TPSA) is 74.4 Å². The molecule has 1 aromatic heterocycles. The first kappa shape index (κ1) is 13.8.